The highest BCUT2D eigenvalue weighted by atomic mass is 16.7. The highest BCUT2D eigenvalue weighted by Gasteiger charge is 2.52. The second-order valence-electron chi connectivity index (χ2n) is 11.6. The molecule has 1 heterocycles. The summed E-state index contributed by atoms with van der Waals surface area (Å²) in [7, 11) is 0. The summed E-state index contributed by atoms with van der Waals surface area (Å²) in [5, 5.41) is 79.7. The summed E-state index contributed by atoms with van der Waals surface area (Å²) in [4.78, 5) is 98.0. The fourth-order valence-corrected chi connectivity index (χ4v) is 4.22. The first-order valence-electron chi connectivity index (χ1n) is 15.6. The average Bonchev–Trinajstić information content (AvgIpc) is 3.08. The molecule has 27 heteroatoms. The third-order valence-corrected chi connectivity index (χ3v) is 6.91. The second-order valence-corrected chi connectivity index (χ2v) is 11.6. The lowest BCUT2D eigenvalue weighted by Gasteiger charge is -2.42. The van der Waals surface area contributed by atoms with E-state index in [1.165, 1.54) is 25.1 Å². The Kier molecular flexibility index (Phi) is 18.7. The first kappa shape index (κ1) is 46.7. The quantitative estimate of drug-likeness (QED) is 0.0316. The number of benzene rings is 1. The van der Waals surface area contributed by atoms with Crippen molar-refractivity contribution >= 4 is 29.8 Å². The summed E-state index contributed by atoms with van der Waals surface area (Å²) in [6.07, 6.45) is -13.1. The Hall–Kier alpha value is -6.35. The Morgan fingerprint density at radius 3 is 1.56 bits per heavy atom. The lowest BCUT2D eigenvalue weighted by atomic mass is 9.94. The molecule has 27 nitrogen and oxygen atoms in total. The van der Waals surface area contributed by atoms with Gasteiger partial charge in [0, 0.05) is 26.1 Å². The molecule has 0 aliphatic carbocycles. The zero-order chi connectivity index (χ0) is 42.0. The van der Waals surface area contributed by atoms with Crippen molar-refractivity contribution < 1.29 is 87.8 Å². The molecule has 1 aromatic carbocycles. The minimum Gasteiger partial charge on any atom is -0.504 e. The number of nitro groups is 4. The highest BCUT2D eigenvalue weighted by molar-refractivity contribution is 5.78. The number of esters is 4. The molecule has 6 unspecified atom stereocenters. The number of phenols is 2. The lowest BCUT2D eigenvalue weighted by molar-refractivity contribution is -0.479. The SMILES string of the molecule is CC(N)(Cc1ccc(O)c(O)c1)C(=O)O.O=C(CC[N+](=O)[O-])OCC1OC(O)C(OC(=O)CC[N+](=O)[O-])C(OC(=O)CC[N+](=O)[O-])C1OC(=O)CC[N+](=O)[O-]. The van der Waals surface area contributed by atoms with Crippen molar-refractivity contribution in [3.05, 3.63) is 64.2 Å². The van der Waals surface area contributed by atoms with Crippen molar-refractivity contribution in [2.24, 2.45) is 5.73 Å². The predicted octanol–water partition coefficient (Wildman–Crippen LogP) is -1.91. The van der Waals surface area contributed by atoms with Crippen LogP contribution in [0.3, 0.4) is 0 Å². The molecular formula is C28H37N5O22. The van der Waals surface area contributed by atoms with Gasteiger partial charge < -0.3 is 49.8 Å². The van der Waals surface area contributed by atoms with Crippen LogP contribution < -0.4 is 5.73 Å². The Morgan fingerprint density at radius 2 is 1.15 bits per heavy atom. The number of hydrogen-bond donors (Lipinski definition) is 5. The van der Waals surface area contributed by atoms with Crippen LogP contribution >= 0.6 is 0 Å². The Bertz CT molecular complexity index is 1590. The number of aliphatic carboxylic acids is 1. The van der Waals surface area contributed by atoms with Gasteiger partial charge in [-0.3, -0.25) is 64.4 Å². The van der Waals surface area contributed by atoms with E-state index < -0.39 is 144 Å². The van der Waals surface area contributed by atoms with E-state index in [1.807, 2.05) is 0 Å². The number of carboxylic acid groups (broad SMARTS) is 1. The van der Waals surface area contributed by atoms with Crippen molar-refractivity contribution in [2.75, 3.05) is 32.8 Å². The van der Waals surface area contributed by atoms with Gasteiger partial charge in [0.25, 0.3) is 0 Å². The molecule has 0 radical (unpaired) electrons. The van der Waals surface area contributed by atoms with Gasteiger partial charge in [0.05, 0.1) is 0 Å². The molecule has 0 saturated carbocycles. The van der Waals surface area contributed by atoms with Crippen LogP contribution in [0.15, 0.2) is 18.2 Å². The number of aromatic hydroxyl groups is 2. The molecule has 55 heavy (non-hydrogen) atoms. The third kappa shape index (κ3) is 17.8. The Labute approximate surface area is 307 Å². The number of rotatable bonds is 20. The number of ether oxygens (including phenoxy) is 5. The smallest absolute Gasteiger partial charge is 0.323 e. The first-order chi connectivity index (χ1) is 25.5. The number of carbonyl (C=O) groups is 5. The Balaban J connectivity index is 0.000000836. The van der Waals surface area contributed by atoms with E-state index in [2.05, 4.69) is 0 Å². The number of carbonyl (C=O) groups excluding carboxylic acids is 4. The number of nitrogens with zero attached hydrogens (tertiary/aromatic N) is 4. The van der Waals surface area contributed by atoms with Gasteiger partial charge in [0.1, 0.15) is 43.9 Å². The van der Waals surface area contributed by atoms with Gasteiger partial charge in [-0.1, -0.05) is 6.07 Å². The van der Waals surface area contributed by atoms with Gasteiger partial charge in [0.15, 0.2) is 36.1 Å². The van der Waals surface area contributed by atoms with Crippen LogP contribution in [-0.4, -0.2) is 139 Å². The van der Waals surface area contributed by atoms with Crippen LogP contribution in [0.2, 0.25) is 0 Å². The maximum Gasteiger partial charge on any atom is 0.323 e. The number of aliphatic hydroxyl groups excluding tert-OH is 1. The largest absolute Gasteiger partial charge is 0.504 e. The molecule has 2 rings (SSSR count). The molecule has 0 spiro atoms. The summed E-state index contributed by atoms with van der Waals surface area (Å²) >= 11 is 0. The molecule has 0 amide bonds. The average molecular weight is 796 g/mol. The van der Waals surface area contributed by atoms with Crippen molar-refractivity contribution in [3.8, 4) is 11.5 Å². The molecule has 306 valence electrons. The summed E-state index contributed by atoms with van der Waals surface area (Å²) in [6, 6.07) is 4.11. The van der Waals surface area contributed by atoms with E-state index in [0.29, 0.717) is 5.56 Å². The van der Waals surface area contributed by atoms with E-state index in [0.717, 1.165) is 0 Å². The van der Waals surface area contributed by atoms with Crippen LogP contribution in [0.1, 0.15) is 38.2 Å². The van der Waals surface area contributed by atoms with Crippen LogP contribution in [0.4, 0.5) is 0 Å². The lowest BCUT2D eigenvalue weighted by Crippen LogP contribution is -2.62. The van der Waals surface area contributed by atoms with Gasteiger partial charge in [-0.2, -0.15) is 0 Å². The van der Waals surface area contributed by atoms with E-state index in [4.69, 9.17) is 39.6 Å². The molecule has 1 aromatic rings. The fourth-order valence-electron chi connectivity index (χ4n) is 4.22. The monoisotopic (exact) mass is 795 g/mol. The fraction of sp³-hybridized carbons (Fsp3) is 0.607. The standard InChI is InChI=1S/C18H24N4O18.C10H13NO4/c23-11(1-5-19(28)29)36-9-10-15(38-12(24)2-6-20(30)31)16(39-13(25)3-7-21(32)33)17(18(27)37-10)40-14(26)4-8-22(34)35;1-10(11,9(14)15)5-6-2-3-7(12)8(13)4-6/h10,15-18,27H,1-9H2;2-4,12-13H,5,11H2,1H3,(H,14,15). The summed E-state index contributed by atoms with van der Waals surface area (Å²) in [5.41, 5.74) is 4.70. The van der Waals surface area contributed by atoms with Crippen molar-refractivity contribution in [2.45, 2.75) is 75.3 Å². The molecule has 1 fully saturated rings. The number of phenolic OH excluding ortho intramolecular Hbond substituents is 2. The number of carboxylic acids is 1. The van der Waals surface area contributed by atoms with Gasteiger partial charge in [-0.25, -0.2) is 0 Å². The summed E-state index contributed by atoms with van der Waals surface area (Å²) < 4.78 is 25.1. The molecule has 0 aromatic heterocycles. The van der Waals surface area contributed by atoms with Gasteiger partial charge in [-0.05, 0) is 24.6 Å². The van der Waals surface area contributed by atoms with Crippen LogP contribution in [0.5, 0.6) is 11.5 Å². The molecule has 1 saturated heterocycles. The number of nitrogens with two attached hydrogens (primary N) is 1. The van der Waals surface area contributed by atoms with Crippen LogP contribution in [0, 0.1) is 40.5 Å². The van der Waals surface area contributed by atoms with Crippen LogP contribution in [-0.2, 0) is 54.1 Å². The van der Waals surface area contributed by atoms with Crippen molar-refractivity contribution in [3.63, 3.8) is 0 Å². The zero-order valence-electron chi connectivity index (χ0n) is 28.7. The first-order valence-corrected chi connectivity index (χ1v) is 15.6. The number of hydrogen-bond acceptors (Lipinski definition) is 22. The maximum absolute atomic E-state index is 12.3. The number of aliphatic hydroxyl groups is 1. The van der Waals surface area contributed by atoms with E-state index >= 15 is 0 Å². The summed E-state index contributed by atoms with van der Waals surface area (Å²) in [5.74, 6) is -6.71. The molecule has 0 bridgehead atoms. The molecule has 1 aliphatic rings. The Morgan fingerprint density at radius 1 is 0.727 bits per heavy atom. The second kappa shape index (κ2) is 22.0. The normalized spacial score (nSPS) is 19.9. The predicted molar refractivity (Wildman–Crippen MR) is 171 cm³/mol. The maximum atomic E-state index is 12.3. The molecule has 1 aliphatic heterocycles. The zero-order valence-corrected chi connectivity index (χ0v) is 28.7. The molecule has 6 N–H and O–H groups in total. The third-order valence-electron chi connectivity index (χ3n) is 6.91. The topological polar surface area (TPSA) is 411 Å². The van der Waals surface area contributed by atoms with Crippen molar-refractivity contribution in [1.82, 2.24) is 0 Å². The van der Waals surface area contributed by atoms with Gasteiger partial charge in [0.2, 0.25) is 26.2 Å². The minimum absolute atomic E-state index is 0.0795. The molecule has 6 atom stereocenters. The summed E-state index contributed by atoms with van der Waals surface area (Å²) in [6.45, 7) is -3.07. The molecular weight excluding hydrogens is 758 g/mol. The van der Waals surface area contributed by atoms with E-state index in [1.54, 1.807) is 0 Å². The van der Waals surface area contributed by atoms with E-state index in [-0.39, 0.29) is 17.9 Å². The van der Waals surface area contributed by atoms with Crippen molar-refractivity contribution in [1.29, 1.82) is 0 Å². The van der Waals surface area contributed by atoms with Crippen LogP contribution in [0.25, 0.3) is 0 Å². The van der Waals surface area contributed by atoms with Gasteiger partial charge in [-0.15, -0.1) is 0 Å². The highest BCUT2D eigenvalue weighted by Crippen LogP contribution is 2.29. The van der Waals surface area contributed by atoms with Gasteiger partial charge >= 0.3 is 29.8 Å². The van der Waals surface area contributed by atoms with E-state index in [9.17, 15) is 74.6 Å². The minimum atomic E-state index is -2.22.